The summed E-state index contributed by atoms with van der Waals surface area (Å²) in [5, 5.41) is 10.5. The van der Waals surface area contributed by atoms with E-state index in [0.29, 0.717) is 28.1 Å². The van der Waals surface area contributed by atoms with Gasteiger partial charge in [0.1, 0.15) is 11.6 Å². The SMILES string of the molecule is CCOc1ccc(-c2csc(-n3nc(C)cc3NC(=O)c3cccc(Cl)c3)n2)cc1. The molecule has 1 N–H and O–H groups in total. The van der Waals surface area contributed by atoms with Crippen molar-refractivity contribution < 1.29 is 9.53 Å². The van der Waals surface area contributed by atoms with E-state index in [0.717, 1.165) is 22.7 Å². The first-order valence-corrected chi connectivity index (χ1v) is 10.6. The second-order valence-electron chi connectivity index (χ2n) is 6.52. The summed E-state index contributed by atoms with van der Waals surface area (Å²) in [4.78, 5) is 17.3. The van der Waals surface area contributed by atoms with Gasteiger partial charge in [-0.3, -0.25) is 4.79 Å². The highest BCUT2D eigenvalue weighted by Crippen LogP contribution is 2.28. The van der Waals surface area contributed by atoms with Gasteiger partial charge in [0.2, 0.25) is 5.13 Å². The molecule has 0 saturated heterocycles. The Balaban J connectivity index is 1.59. The van der Waals surface area contributed by atoms with E-state index >= 15 is 0 Å². The minimum absolute atomic E-state index is 0.262. The number of amides is 1. The maximum absolute atomic E-state index is 12.6. The fourth-order valence-electron chi connectivity index (χ4n) is 2.94. The lowest BCUT2D eigenvalue weighted by molar-refractivity contribution is 0.102. The summed E-state index contributed by atoms with van der Waals surface area (Å²) >= 11 is 7.45. The normalized spacial score (nSPS) is 10.8. The number of thiazole rings is 1. The second kappa shape index (κ2) is 8.69. The van der Waals surface area contributed by atoms with Gasteiger partial charge in [-0.05, 0) is 56.3 Å². The van der Waals surface area contributed by atoms with E-state index in [2.05, 4.69) is 10.4 Å². The standard InChI is InChI=1S/C22H19ClN4O2S/c1-3-29-18-9-7-15(8-10-18)19-13-30-22(24-19)27-20(11-14(2)26-27)25-21(28)16-5-4-6-17(23)12-16/h4-13H,3H2,1-2H3,(H,25,28). The van der Waals surface area contributed by atoms with Crippen LogP contribution < -0.4 is 10.1 Å². The molecule has 4 aromatic rings. The number of aromatic nitrogens is 3. The van der Waals surface area contributed by atoms with Gasteiger partial charge in [-0.1, -0.05) is 17.7 Å². The monoisotopic (exact) mass is 438 g/mol. The summed E-state index contributed by atoms with van der Waals surface area (Å²) < 4.78 is 7.13. The summed E-state index contributed by atoms with van der Waals surface area (Å²) in [6, 6.07) is 16.4. The van der Waals surface area contributed by atoms with Crippen LogP contribution in [-0.4, -0.2) is 27.3 Å². The van der Waals surface area contributed by atoms with Crippen molar-refractivity contribution in [1.82, 2.24) is 14.8 Å². The number of carbonyl (C=O) groups excluding carboxylic acids is 1. The average Bonchev–Trinajstić information content (AvgIpc) is 3.35. The van der Waals surface area contributed by atoms with Crippen molar-refractivity contribution in [2.75, 3.05) is 11.9 Å². The molecule has 1 amide bonds. The highest BCUT2D eigenvalue weighted by Gasteiger charge is 2.15. The molecular formula is C22H19ClN4O2S. The van der Waals surface area contributed by atoms with Crippen LogP contribution in [0.25, 0.3) is 16.4 Å². The predicted molar refractivity (Wildman–Crippen MR) is 120 cm³/mol. The molecular weight excluding hydrogens is 420 g/mol. The minimum atomic E-state index is -0.262. The fraction of sp³-hybridized carbons (Fsp3) is 0.136. The lowest BCUT2D eigenvalue weighted by atomic mass is 10.2. The molecule has 0 aliphatic heterocycles. The number of nitrogens with zero attached hydrogens (tertiary/aromatic N) is 3. The van der Waals surface area contributed by atoms with E-state index in [9.17, 15) is 4.79 Å². The van der Waals surface area contributed by atoms with Crippen molar-refractivity contribution in [2.45, 2.75) is 13.8 Å². The lowest BCUT2D eigenvalue weighted by Gasteiger charge is -2.07. The van der Waals surface area contributed by atoms with Gasteiger partial charge in [0, 0.05) is 27.6 Å². The Hall–Kier alpha value is -3.16. The molecule has 8 heteroatoms. The van der Waals surface area contributed by atoms with Crippen LogP contribution in [0.5, 0.6) is 5.75 Å². The van der Waals surface area contributed by atoms with Gasteiger partial charge in [0.05, 0.1) is 18.0 Å². The minimum Gasteiger partial charge on any atom is -0.494 e. The van der Waals surface area contributed by atoms with E-state index in [-0.39, 0.29) is 5.91 Å². The van der Waals surface area contributed by atoms with Crippen LogP contribution in [0.2, 0.25) is 5.02 Å². The van der Waals surface area contributed by atoms with Crippen molar-refractivity contribution in [3.8, 4) is 22.1 Å². The van der Waals surface area contributed by atoms with Crippen molar-refractivity contribution in [2.24, 2.45) is 0 Å². The van der Waals surface area contributed by atoms with Crippen LogP contribution in [0.4, 0.5) is 5.82 Å². The Morgan fingerprint density at radius 2 is 2.00 bits per heavy atom. The zero-order valence-corrected chi connectivity index (χ0v) is 18.0. The molecule has 0 bridgehead atoms. The molecule has 0 atom stereocenters. The summed E-state index contributed by atoms with van der Waals surface area (Å²) in [5.41, 5.74) is 3.06. The fourth-order valence-corrected chi connectivity index (χ4v) is 3.92. The molecule has 0 spiro atoms. The largest absolute Gasteiger partial charge is 0.494 e. The first kappa shape index (κ1) is 20.1. The number of nitrogens with one attached hydrogen (secondary N) is 1. The summed E-state index contributed by atoms with van der Waals surface area (Å²) in [6.07, 6.45) is 0. The maximum atomic E-state index is 12.6. The van der Waals surface area contributed by atoms with Gasteiger partial charge in [-0.15, -0.1) is 11.3 Å². The quantitative estimate of drug-likeness (QED) is 0.425. The number of aryl methyl sites for hydroxylation is 1. The van der Waals surface area contributed by atoms with Crippen molar-refractivity contribution in [1.29, 1.82) is 0 Å². The van der Waals surface area contributed by atoms with Crippen LogP contribution in [0.3, 0.4) is 0 Å². The number of ether oxygens (including phenoxy) is 1. The highest BCUT2D eigenvalue weighted by atomic mass is 35.5. The predicted octanol–water partition coefficient (Wildman–Crippen LogP) is 5.61. The Labute approximate surface area is 183 Å². The molecule has 2 aromatic carbocycles. The van der Waals surface area contributed by atoms with Gasteiger partial charge in [-0.2, -0.15) is 9.78 Å². The van der Waals surface area contributed by atoms with E-state index < -0.39 is 0 Å². The molecule has 0 fully saturated rings. The number of hydrogen-bond acceptors (Lipinski definition) is 5. The topological polar surface area (TPSA) is 69.0 Å². The molecule has 6 nitrogen and oxygen atoms in total. The van der Waals surface area contributed by atoms with Gasteiger partial charge >= 0.3 is 0 Å². The van der Waals surface area contributed by atoms with E-state index in [1.165, 1.54) is 11.3 Å². The van der Waals surface area contributed by atoms with Crippen molar-refractivity contribution in [3.63, 3.8) is 0 Å². The molecule has 0 unspecified atom stereocenters. The number of carbonyl (C=O) groups is 1. The molecule has 2 aromatic heterocycles. The third-order valence-electron chi connectivity index (χ3n) is 4.29. The van der Waals surface area contributed by atoms with E-state index in [1.54, 1.807) is 35.0 Å². The van der Waals surface area contributed by atoms with Crippen LogP contribution in [0.1, 0.15) is 23.0 Å². The summed E-state index contributed by atoms with van der Waals surface area (Å²) in [6.45, 7) is 4.45. The molecule has 0 aliphatic rings. The van der Waals surface area contributed by atoms with Gasteiger partial charge in [-0.25, -0.2) is 4.98 Å². The number of rotatable bonds is 6. The number of hydrogen-bond donors (Lipinski definition) is 1. The van der Waals surface area contributed by atoms with Gasteiger partial charge in [0.15, 0.2) is 0 Å². The Bertz CT molecular complexity index is 1180. The summed E-state index contributed by atoms with van der Waals surface area (Å²) in [5.74, 6) is 1.11. The smallest absolute Gasteiger partial charge is 0.256 e. The molecule has 0 aliphatic carbocycles. The highest BCUT2D eigenvalue weighted by molar-refractivity contribution is 7.12. The first-order valence-electron chi connectivity index (χ1n) is 9.36. The van der Waals surface area contributed by atoms with Crippen LogP contribution in [0.15, 0.2) is 60.0 Å². The van der Waals surface area contributed by atoms with E-state index in [1.807, 2.05) is 43.5 Å². The van der Waals surface area contributed by atoms with Crippen molar-refractivity contribution >= 4 is 34.7 Å². The van der Waals surface area contributed by atoms with Gasteiger partial charge in [0.25, 0.3) is 5.91 Å². The average molecular weight is 439 g/mol. The Morgan fingerprint density at radius 1 is 1.20 bits per heavy atom. The first-order chi connectivity index (χ1) is 14.5. The number of halogens is 1. The second-order valence-corrected chi connectivity index (χ2v) is 7.79. The van der Waals surface area contributed by atoms with Gasteiger partial charge < -0.3 is 10.1 Å². The van der Waals surface area contributed by atoms with Crippen LogP contribution in [-0.2, 0) is 0 Å². The summed E-state index contributed by atoms with van der Waals surface area (Å²) in [7, 11) is 0. The zero-order valence-electron chi connectivity index (χ0n) is 16.4. The van der Waals surface area contributed by atoms with Crippen molar-refractivity contribution in [3.05, 3.63) is 76.3 Å². The van der Waals surface area contributed by atoms with Crippen LogP contribution in [0, 0.1) is 6.92 Å². The maximum Gasteiger partial charge on any atom is 0.256 e. The Morgan fingerprint density at radius 3 is 2.73 bits per heavy atom. The number of benzene rings is 2. The molecule has 30 heavy (non-hydrogen) atoms. The molecule has 4 rings (SSSR count). The number of anilines is 1. The third-order valence-corrected chi connectivity index (χ3v) is 5.35. The Kier molecular flexibility index (Phi) is 5.83. The van der Waals surface area contributed by atoms with E-state index in [4.69, 9.17) is 21.3 Å². The zero-order chi connectivity index (χ0) is 21.1. The lowest BCUT2D eigenvalue weighted by Crippen LogP contribution is -2.15. The van der Waals surface area contributed by atoms with Crippen LogP contribution >= 0.6 is 22.9 Å². The molecule has 0 saturated carbocycles. The third kappa shape index (κ3) is 4.37. The molecule has 152 valence electrons. The molecule has 2 heterocycles. The molecule has 0 radical (unpaired) electrons.